The average Bonchev–Trinajstić information content (AvgIpc) is 2.63. The molecular formula is C20H25NO2. The van der Waals surface area contributed by atoms with E-state index in [0.29, 0.717) is 19.3 Å². The molecule has 0 amide bonds. The van der Waals surface area contributed by atoms with Crippen LogP contribution < -0.4 is 0 Å². The monoisotopic (exact) mass is 311 g/mol. The second-order valence-corrected chi connectivity index (χ2v) is 6.22. The summed E-state index contributed by atoms with van der Waals surface area (Å²) in [5, 5.41) is 10.3. The summed E-state index contributed by atoms with van der Waals surface area (Å²) in [6, 6.07) is 20.2. The summed E-state index contributed by atoms with van der Waals surface area (Å²) in [6.45, 7) is 3.38. The van der Waals surface area contributed by atoms with E-state index >= 15 is 0 Å². The van der Waals surface area contributed by atoms with Crippen molar-refractivity contribution in [3.63, 3.8) is 0 Å². The highest BCUT2D eigenvalue weighted by Gasteiger charge is 2.21. The lowest BCUT2D eigenvalue weighted by Gasteiger charge is -2.33. The number of hydrogen-bond acceptors (Lipinski definition) is 3. The number of aliphatic hydroxyl groups excluding tert-OH is 1. The number of β-amino-alcohol motifs (C(OH)–C–C–N with tert-alkyl or cyclic N) is 1. The Morgan fingerprint density at radius 3 is 2.22 bits per heavy atom. The summed E-state index contributed by atoms with van der Waals surface area (Å²) in [5.41, 5.74) is 2.23. The first-order valence-electron chi connectivity index (χ1n) is 8.42. The molecule has 1 saturated heterocycles. The average molecular weight is 311 g/mol. The Kier molecular flexibility index (Phi) is 5.81. The Hall–Kier alpha value is -1.68. The summed E-state index contributed by atoms with van der Waals surface area (Å²) < 4.78 is 6.02. The molecule has 3 rings (SSSR count). The Labute approximate surface area is 138 Å². The van der Waals surface area contributed by atoms with Crippen molar-refractivity contribution in [2.24, 2.45) is 0 Å². The maximum absolute atomic E-state index is 10.3. The second kappa shape index (κ2) is 8.25. The molecule has 2 aromatic rings. The Bertz CT molecular complexity index is 565. The van der Waals surface area contributed by atoms with Crippen LogP contribution in [0.4, 0.5) is 0 Å². The van der Waals surface area contributed by atoms with Crippen LogP contribution in [0.1, 0.15) is 30.1 Å². The van der Waals surface area contributed by atoms with E-state index < -0.39 is 6.10 Å². The van der Waals surface area contributed by atoms with Gasteiger partial charge in [-0.05, 0) is 24.0 Å². The summed E-state index contributed by atoms with van der Waals surface area (Å²) >= 11 is 0. The van der Waals surface area contributed by atoms with Gasteiger partial charge in [0.05, 0.1) is 18.8 Å². The predicted molar refractivity (Wildman–Crippen MR) is 92.1 cm³/mol. The standard InChI is InChI=1S/C20H25NO2/c22-20(18-9-5-2-6-10-18)15-21-13-11-19(12-14-21)23-16-17-7-3-1-4-8-17/h1-10,19-20,22H,11-16H2/t20-/m0/s1. The molecule has 3 nitrogen and oxygen atoms in total. The van der Waals surface area contributed by atoms with Crippen LogP contribution >= 0.6 is 0 Å². The number of aliphatic hydroxyl groups is 1. The lowest BCUT2D eigenvalue weighted by atomic mass is 10.0. The van der Waals surface area contributed by atoms with Crippen molar-refractivity contribution in [1.29, 1.82) is 0 Å². The smallest absolute Gasteiger partial charge is 0.0916 e. The topological polar surface area (TPSA) is 32.7 Å². The normalized spacial score (nSPS) is 18.0. The summed E-state index contributed by atoms with van der Waals surface area (Å²) in [4.78, 5) is 2.33. The van der Waals surface area contributed by atoms with E-state index in [-0.39, 0.29) is 0 Å². The lowest BCUT2D eigenvalue weighted by Crippen LogP contribution is -2.39. The van der Waals surface area contributed by atoms with Crippen molar-refractivity contribution < 1.29 is 9.84 Å². The van der Waals surface area contributed by atoms with Crippen LogP contribution in [0, 0.1) is 0 Å². The number of hydrogen-bond donors (Lipinski definition) is 1. The van der Waals surface area contributed by atoms with Gasteiger partial charge in [0.2, 0.25) is 0 Å². The molecule has 0 radical (unpaired) electrons. The van der Waals surface area contributed by atoms with Crippen LogP contribution in [0.15, 0.2) is 60.7 Å². The first kappa shape index (κ1) is 16.2. The highest BCUT2D eigenvalue weighted by molar-refractivity contribution is 5.17. The third-order valence-corrected chi connectivity index (χ3v) is 4.48. The molecule has 1 aliphatic rings. The number of piperidine rings is 1. The molecule has 0 saturated carbocycles. The van der Waals surface area contributed by atoms with Gasteiger partial charge in [0.25, 0.3) is 0 Å². The van der Waals surface area contributed by atoms with Crippen molar-refractivity contribution in [2.75, 3.05) is 19.6 Å². The number of nitrogens with zero attached hydrogens (tertiary/aromatic N) is 1. The Morgan fingerprint density at radius 1 is 0.957 bits per heavy atom. The van der Waals surface area contributed by atoms with E-state index in [2.05, 4.69) is 17.0 Å². The van der Waals surface area contributed by atoms with Crippen LogP contribution in [0.25, 0.3) is 0 Å². The van der Waals surface area contributed by atoms with E-state index in [1.54, 1.807) is 0 Å². The van der Waals surface area contributed by atoms with Crippen molar-refractivity contribution in [3.05, 3.63) is 71.8 Å². The zero-order chi connectivity index (χ0) is 15.9. The van der Waals surface area contributed by atoms with Crippen molar-refractivity contribution in [2.45, 2.75) is 31.7 Å². The number of ether oxygens (including phenoxy) is 1. The third kappa shape index (κ3) is 4.90. The first-order chi connectivity index (χ1) is 11.3. The van der Waals surface area contributed by atoms with E-state index in [9.17, 15) is 5.11 Å². The van der Waals surface area contributed by atoms with Crippen molar-refractivity contribution >= 4 is 0 Å². The summed E-state index contributed by atoms with van der Waals surface area (Å²) in [5.74, 6) is 0. The fourth-order valence-corrected chi connectivity index (χ4v) is 3.07. The maximum atomic E-state index is 10.3. The number of likely N-dealkylation sites (tertiary alicyclic amines) is 1. The number of rotatable bonds is 6. The highest BCUT2D eigenvalue weighted by Crippen LogP contribution is 2.19. The maximum Gasteiger partial charge on any atom is 0.0916 e. The minimum Gasteiger partial charge on any atom is -0.387 e. The van der Waals surface area contributed by atoms with Gasteiger partial charge in [-0.3, -0.25) is 0 Å². The minimum absolute atomic E-state index is 0.334. The Balaban J connectivity index is 1.40. The van der Waals surface area contributed by atoms with Crippen molar-refractivity contribution in [1.82, 2.24) is 4.90 Å². The molecule has 1 N–H and O–H groups in total. The van der Waals surface area contributed by atoms with Gasteiger partial charge in [-0.2, -0.15) is 0 Å². The quantitative estimate of drug-likeness (QED) is 0.887. The van der Waals surface area contributed by atoms with Gasteiger partial charge < -0.3 is 14.7 Å². The molecule has 122 valence electrons. The van der Waals surface area contributed by atoms with Crippen molar-refractivity contribution in [3.8, 4) is 0 Å². The van der Waals surface area contributed by atoms with Crippen LogP contribution in [0.3, 0.4) is 0 Å². The molecule has 3 heteroatoms. The fraction of sp³-hybridized carbons (Fsp3) is 0.400. The SMILES string of the molecule is O[C@@H](CN1CCC(OCc2ccccc2)CC1)c1ccccc1. The highest BCUT2D eigenvalue weighted by atomic mass is 16.5. The predicted octanol–water partition coefficient (Wildman–Crippen LogP) is 3.40. The first-order valence-corrected chi connectivity index (χ1v) is 8.42. The summed E-state index contributed by atoms with van der Waals surface area (Å²) in [7, 11) is 0. The van der Waals surface area contributed by atoms with Gasteiger partial charge in [-0.25, -0.2) is 0 Å². The zero-order valence-corrected chi connectivity index (χ0v) is 13.5. The van der Waals surface area contributed by atoms with Gasteiger partial charge in [-0.1, -0.05) is 60.7 Å². The van der Waals surface area contributed by atoms with E-state index in [0.717, 1.165) is 31.5 Å². The summed E-state index contributed by atoms with van der Waals surface area (Å²) in [6.07, 6.45) is 2.00. The lowest BCUT2D eigenvalue weighted by molar-refractivity contribution is -0.0109. The molecule has 1 aliphatic heterocycles. The number of benzene rings is 2. The van der Waals surface area contributed by atoms with E-state index in [4.69, 9.17) is 4.74 Å². The molecular weight excluding hydrogens is 286 g/mol. The molecule has 0 spiro atoms. The molecule has 1 fully saturated rings. The fourth-order valence-electron chi connectivity index (χ4n) is 3.07. The third-order valence-electron chi connectivity index (χ3n) is 4.48. The van der Waals surface area contributed by atoms with Crippen LogP contribution in [0.2, 0.25) is 0 Å². The van der Waals surface area contributed by atoms with Gasteiger partial charge in [0, 0.05) is 19.6 Å². The van der Waals surface area contributed by atoms with Gasteiger partial charge >= 0.3 is 0 Å². The Morgan fingerprint density at radius 2 is 1.57 bits per heavy atom. The molecule has 23 heavy (non-hydrogen) atoms. The minimum atomic E-state index is -0.405. The second-order valence-electron chi connectivity index (χ2n) is 6.22. The largest absolute Gasteiger partial charge is 0.387 e. The zero-order valence-electron chi connectivity index (χ0n) is 13.5. The van der Waals surface area contributed by atoms with Crippen LogP contribution in [-0.4, -0.2) is 35.7 Å². The van der Waals surface area contributed by atoms with E-state index in [1.807, 2.05) is 48.5 Å². The molecule has 2 aromatic carbocycles. The van der Waals surface area contributed by atoms with Gasteiger partial charge in [0.15, 0.2) is 0 Å². The molecule has 0 aliphatic carbocycles. The van der Waals surface area contributed by atoms with Gasteiger partial charge in [0.1, 0.15) is 0 Å². The van der Waals surface area contributed by atoms with Gasteiger partial charge in [-0.15, -0.1) is 0 Å². The molecule has 1 atom stereocenters. The molecule has 0 bridgehead atoms. The molecule has 1 heterocycles. The molecule has 0 unspecified atom stereocenters. The molecule has 0 aromatic heterocycles. The van der Waals surface area contributed by atoms with Crippen LogP contribution in [-0.2, 0) is 11.3 Å². The van der Waals surface area contributed by atoms with Crippen LogP contribution in [0.5, 0.6) is 0 Å². The van der Waals surface area contributed by atoms with E-state index in [1.165, 1.54) is 5.56 Å².